The Morgan fingerprint density at radius 1 is 1.19 bits per heavy atom. The van der Waals surface area contributed by atoms with Crippen molar-refractivity contribution in [1.82, 2.24) is 24.4 Å². The van der Waals surface area contributed by atoms with E-state index in [2.05, 4.69) is 29.4 Å². The lowest BCUT2D eigenvalue weighted by Gasteiger charge is -2.19. The van der Waals surface area contributed by atoms with E-state index >= 15 is 0 Å². The maximum Gasteiger partial charge on any atom is 0.243 e. The van der Waals surface area contributed by atoms with Gasteiger partial charge in [0.1, 0.15) is 0 Å². The van der Waals surface area contributed by atoms with E-state index in [0.717, 1.165) is 6.42 Å². The minimum Gasteiger partial charge on any atom is -0.355 e. The number of nitrogens with zero attached hydrogens (tertiary/aromatic N) is 4. The molecule has 10 heteroatoms. The highest BCUT2D eigenvalue weighted by atomic mass is 32.2. The van der Waals surface area contributed by atoms with Gasteiger partial charge in [0, 0.05) is 31.7 Å². The zero-order chi connectivity index (χ0) is 23.0. The van der Waals surface area contributed by atoms with Gasteiger partial charge in [-0.15, -0.1) is 10.2 Å². The van der Waals surface area contributed by atoms with Gasteiger partial charge in [0.15, 0.2) is 11.0 Å². The number of benzene rings is 1. The second kappa shape index (κ2) is 11.6. The predicted octanol–water partition coefficient (Wildman–Crippen LogP) is 3.25. The fourth-order valence-corrected chi connectivity index (χ4v) is 5.37. The van der Waals surface area contributed by atoms with Gasteiger partial charge in [-0.05, 0) is 24.5 Å². The van der Waals surface area contributed by atoms with Crippen LogP contribution >= 0.6 is 11.8 Å². The van der Waals surface area contributed by atoms with E-state index in [1.54, 1.807) is 18.2 Å². The van der Waals surface area contributed by atoms with E-state index in [1.165, 1.54) is 16.1 Å². The fourth-order valence-electron chi connectivity index (χ4n) is 3.09. The second-order valence-electron chi connectivity index (χ2n) is 7.57. The number of thioether (sulfide) groups is 1. The number of nitrogens with one attached hydrogen (secondary N) is 1. The molecule has 0 saturated heterocycles. The van der Waals surface area contributed by atoms with Crippen molar-refractivity contribution >= 4 is 27.7 Å². The first-order valence-corrected chi connectivity index (χ1v) is 13.1. The first kappa shape index (κ1) is 25.4. The summed E-state index contributed by atoms with van der Waals surface area (Å²) in [6.45, 7) is 12.0. The van der Waals surface area contributed by atoms with E-state index < -0.39 is 10.0 Å². The molecule has 1 aromatic carbocycles. The number of carbonyl (C=O) groups excluding carboxylic acids is 1. The quantitative estimate of drug-likeness (QED) is 0.481. The molecule has 0 aliphatic heterocycles. The van der Waals surface area contributed by atoms with Gasteiger partial charge in [-0.1, -0.05) is 58.5 Å². The summed E-state index contributed by atoms with van der Waals surface area (Å²) in [4.78, 5) is 12.2. The lowest BCUT2D eigenvalue weighted by molar-refractivity contribution is -0.118. The average Bonchev–Trinajstić information content (AvgIpc) is 3.13. The highest BCUT2D eigenvalue weighted by molar-refractivity contribution is 7.99. The Balaban J connectivity index is 2.38. The zero-order valence-electron chi connectivity index (χ0n) is 19.0. The number of sulfonamides is 1. The Bertz CT molecular complexity index is 969. The third-order valence-electron chi connectivity index (χ3n) is 4.60. The van der Waals surface area contributed by atoms with E-state index in [-0.39, 0.29) is 16.6 Å². The number of hydrogen-bond acceptors (Lipinski definition) is 6. The third-order valence-corrected chi connectivity index (χ3v) is 7.62. The van der Waals surface area contributed by atoms with E-state index in [9.17, 15) is 13.2 Å². The van der Waals surface area contributed by atoms with Crippen LogP contribution in [0.15, 0.2) is 34.3 Å². The molecular formula is C21H33N5O3S2. The van der Waals surface area contributed by atoms with Crippen molar-refractivity contribution < 1.29 is 13.2 Å². The summed E-state index contributed by atoms with van der Waals surface area (Å²) in [5.74, 6) is 1.14. The second-order valence-corrected chi connectivity index (χ2v) is 10.4. The normalized spacial score (nSPS) is 12.0. The summed E-state index contributed by atoms with van der Waals surface area (Å²) < 4.78 is 29.3. The lowest BCUT2D eigenvalue weighted by atomic mass is 10.2. The van der Waals surface area contributed by atoms with Gasteiger partial charge in [-0.25, -0.2) is 8.42 Å². The van der Waals surface area contributed by atoms with Crippen LogP contribution in [-0.4, -0.2) is 58.8 Å². The summed E-state index contributed by atoms with van der Waals surface area (Å²) >= 11 is 1.34. The molecule has 2 rings (SSSR count). The Hall–Kier alpha value is -1.91. The van der Waals surface area contributed by atoms with Gasteiger partial charge in [0.05, 0.1) is 10.6 Å². The van der Waals surface area contributed by atoms with Crippen molar-refractivity contribution in [3.63, 3.8) is 0 Å². The highest BCUT2D eigenvalue weighted by Crippen LogP contribution is 2.27. The Labute approximate surface area is 189 Å². The molecule has 0 bridgehead atoms. The lowest BCUT2D eigenvalue weighted by Crippen LogP contribution is -2.30. The molecule has 0 aliphatic rings. The number of rotatable bonds is 12. The summed E-state index contributed by atoms with van der Waals surface area (Å²) in [7, 11) is -3.57. The van der Waals surface area contributed by atoms with Crippen molar-refractivity contribution in [3.05, 3.63) is 24.3 Å². The van der Waals surface area contributed by atoms with Crippen LogP contribution in [0.25, 0.3) is 11.4 Å². The van der Waals surface area contributed by atoms with Crippen LogP contribution in [0.4, 0.5) is 0 Å². The van der Waals surface area contributed by atoms with Crippen LogP contribution in [-0.2, 0) is 21.4 Å². The van der Waals surface area contributed by atoms with Crippen LogP contribution < -0.4 is 5.32 Å². The molecule has 0 aliphatic carbocycles. The van der Waals surface area contributed by atoms with Crippen LogP contribution in [0.2, 0.25) is 0 Å². The molecule has 0 saturated carbocycles. The van der Waals surface area contributed by atoms with Crippen molar-refractivity contribution in [2.24, 2.45) is 5.92 Å². The molecule has 1 amide bonds. The van der Waals surface area contributed by atoms with Gasteiger partial charge >= 0.3 is 0 Å². The zero-order valence-corrected chi connectivity index (χ0v) is 20.6. The van der Waals surface area contributed by atoms with Crippen molar-refractivity contribution in [2.75, 3.05) is 25.4 Å². The van der Waals surface area contributed by atoms with Gasteiger partial charge in [-0.2, -0.15) is 4.31 Å². The Kier molecular flexibility index (Phi) is 9.52. The summed E-state index contributed by atoms with van der Waals surface area (Å²) in [6.07, 6.45) is 0.886. The first-order valence-electron chi connectivity index (χ1n) is 10.7. The molecule has 1 N–H and O–H groups in total. The first-order chi connectivity index (χ1) is 14.7. The predicted molar refractivity (Wildman–Crippen MR) is 124 cm³/mol. The summed E-state index contributed by atoms with van der Waals surface area (Å²) in [5, 5.41) is 12.1. The number of amides is 1. The maximum absolute atomic E-state index is 12.9. The number of aromatic nitrogens is 3. The molecule has 8 nitrogen and oxygen atoms in total. The maximum atomic E-state index is 12.9. The smallest absolute Gasteiger partial charge is 0.243 e. The van der Waals surface area contributed by atoms with Crippen LogP contribution in [0.1, 0.15) is 41.0 Å². The minimum atomic E-state index is -3.57. The number of hydrogen-bond donors (Lipinski definition) is 1. The SMILES string of the molecule is CCCNC(=O)CSc1nnc(-c2cccc(S(=O)(=O)N(CC)CC)c2)n1CC(C)C. The largest absolute Gasteiger partial charge is 0.355 e. The molecule has 0 unspecified atom stereocenters. The molecule has 0 fully saturated rings. The molecule has 0 radical (unpaired) electrons. The summed E-state index contributed by atoms with van der Waals surface area (Å²) in [5.41, 5.74) is 0.684. The molecular weight excluding hydrogens is 434 g/mol. The van der Waals surface area contributed by atoms with Gasteiger partial charge < -0.3 is 9.88 Å². The topological polar surface area (TPSA) is 97.2 Å². The number of carbonyl (C=O) groups is 1. The molecule has 31 heavy (non-hydrogen) atoms. The van der Waals surface area contributed by atoms with Crippen molar-refractivity contribution in [2.45, 2.75) is 57.6 Å². The Morgan fingerprint density at radius 3 is 2.52 bits per heavy atom. The monoisotopic (exact) mass is 467 g/mol. The molecule has 0 spiro atoms. The highest BCUT2D eigenvalue weighted by Gasteiger charge is 2.23. The minimum absolute atomic E-state index is 0.0418. The molecule has 1 heterocycles. The molecule has 0 atom stereocenters. The summed E-state index contributed by atoms with van der Waals surface area (Å²) in [6, 6.07) is 6.82. The Morgan fingerprint density at radius 2 is 1.90 bits per heavy atom. The van der Waals surface area contributed by atoms with Crippen molar-refractivity contribution in [3.8, 4) is 11.4 Å². The van der Waals surface area contributed by atoms with Gasteiger partial charge in [0.2, 0.25) is 15.9 Å². The molecule has 172 valence electrons. The van der Waals surface area contributed by atoms with Crippen molar-refractivity contribution in [1.29, 1.82) is 0 Å². The van der Waals surface area contributed by atoms with E-state index in [1.807, 2.05) is 31.4 Å². The third kappa shape index (κ3) is 6.54. The molecule has 2 aromatic rings. The van der Waals surface area contributed by atoms with Crippen LogP contribution in [0, 0.1) is 5.92 Å². The van der Waals surface area contributed by atoms with Gasteiger partial charge in [0.25, 0.3) is 0 Å². The fraction of sp³-hybridized carbons (Fsp3) is 0.571. The van der Waals surface area contributed by atoms with E-state index in [0.29, 0.717) is 48.6 Å². The van der Waals surface area contributed by atoms with Gasteiger partial charge in [-0.3, -0.25) is 4.79 Å². The van der Waals surface area contributed by atoms with Crippen LogP contribution in [0.5, 0.6) is 0 Å². The average molecular weight is 468 g/mol. The standard InChI is InChI=1S/C21H33N5O3S2/c1-6-12-22-19(27)15-30-21-24-23-20(26(21)14-16(4)5)17-10-9-11-18(13-17)31(28,29)25(7-2)8-3/h9-11,13,16H,6-8,12,14-15H2,1-5H3,(H,22,27). The molecule has 1 aromatic heterocycles. The van der Waals surface area contributed by atoms with E-state index in [4.69, 9.17) is 0 Å². The van der Waals surface area contributed by atoms with Crippen LogP contribution in [0.3, 0.4) is 0 Å².